The van der Waals surface area contributed by atoms with Gasteiger partial charge in [-0.05, 0) is 71.8 Å². The van der Waals surface area contributed by atoms with Crippen molar-refractivity contribution in [3.05, 3.63) is 156 Å². The highest BCUT2D eigenvalue weighted by atomic mass is 16.1. The van der Waals surface area contributed by atoms with Gasteiger partial charge < -0.3 is 4.57 Å². The van der Waals surface area contributed by atoms with Crippen LogP contribution >= 0.6 is 0 Å². The zero-order chi connectivity index (χ0) is 31.1. The maximum absolute atomic E-state index is 13.3. The predicted octanol–water partition coefficient (Wildman–Crippen LogP) is 8.50. The first-order chi connectivity index (χ1) is 23.2. The molecule has 0 amide bonds. The molecule has 0 atom stereocenters. The lowest BCUT2D eigenvalue weighted by Crippen LogP contribution is -2.22. The fraction of sp³-hybridized carbons (Fsp3) is 0. The summed E-state index contributed by atoms with van der Waals surface area (Å²) in [7, 11) is 0. The highest BCUT2D eigenvalue weighted by Gasteiger charge is 2.18. The fourth-order valence-electron chi connectivity index (χ4n) is 7.07. The summed E-state index contributed by atoms with van der Waals surface area (Å²) in [5, 5.41) is 5.34. The second kappa shape index (κ2) is 9.70. The summed E-state index contributed by atoms with van der Waals surface area (Å²) in [6, 6.07) is 48.2. The van der Waals surface area contributed by atoms with Gasteiger partial charge in [-0.1, -0.05) is 78.9 Å². The van der Waals surface area contributed by atoms with Gasteiger partial charge in [0.1, 0.15) is 6.33 Å². The second-order valence-corrected chi connectivity index (χ2v) is 11.8. The van der Waals surface area contributed by atoms with Gasteiger partial charge in [-0.3, -0.25) is 4.57 Å². The molecule has 0 N–H and O–H groups in total. The Hall–Kier alpha value is -6.60. The zero-order valence-electron chi connectivity index (χ0n) is 24.9. The van der Waals surface area contributed by atoms with Gasteiger partial charge in [0.2, 0.25) is 5.95 Å². The van der Waals surface area contributed by atoms with E-state index in [1.807, 2.05) is 47.0 Å². The van der Waals surface area contributed by atoms with Crippen molar-refractivity contribution in [1.82, 2.24) is 28.5 Å². The molecule has 0 unspecified atom stereocenters. The maximum Gasteiger partial charge on any atom is 0.357 e. The van der Waals surface area contributed by atoms with E-state index < -0.39 is 5.69 Å². The third kappa shape index (κ3) is 3.74. The van der Waals surface area contributed by atoms with E-state index in [0.29, 0.717) is 11.6 Å². The molecule has 220 valence electrons. The van der Waals surface area contributed by atoms with Crippen molar-refractivity contribution in [3.8, 4) is 22.8 Å². The molecule has 7 nitrogen and oxygen atoms in total. The molecule has 0 aliphatic rings. The van der Waals surface area contributed by atoms with Gasteiger partial charge in [0, 0.05) is 32.6 Å². The van der Waals surface area contributed by atoms with Crippen LogP contribution in [0.4, 0.5) is 0 Å². The minimum atomic E-state index is -0.422. The minimum absolute atomic E-state index is 0.334. The molecular weight excluding hydrogens is 580 g/mol. The number of hydrogen-bond donors (Lipinski definition) is 0. The molecule has 0 fully saturated rings. The number of nitrogens with zero attached hydrogens (tertiary/aromatic N) is 6. The summed E-state index contributed by atoms with van der Waals surface area (Å²) in [6.07, 6.45) is 1.50. The molecule has 6 aromatic carbocycles. The molecule has 0 spiro atoms. The first kappa shape index (κ1) is 25.7. The van der Waals surface area contributed by atoms with Crippen molar-refractivity contribution < 1.29 is 0 Å². The number of rotatable bonds is 3. The van der Waals surface area contributed by atoms with Gasteiger partial charge in [-0.15, -0.1) is 0 Å². The minimum Gasteiger partial charge on any atom is -0.309 e. The van der Waals surface area contributed by atoms with Crippen LogP contribution in [0, 0.1) is 0 Å². The van der Waals surface area contributed by atoms with Gasteiger partial charge in [0.25, 0.3) is 0 Å². The van der Waals surface area contributed by atoms with E-state index in [1.54, 1.807) is 0 Å². The Morgan fingerprint density at radius 1 is 0.468 bits per heavy atom. The molecule has 10 aromatic rings. The van der Waals surface area contributed by atoms with Gasteiger partial charge in [-0.25, -0.2) is 14.2 Å². The molecule has 10 rings (SSSR count). The summed E-state index contributed by atoms with van der Waals surface area (Å²) in [5.41, 5.74) is 8.46. The van der Waals surface area contributed by atoms with Crippen LogP contribution in [0.15, 0.2) is 151 Å². The van der Waals surface area contributed by atoms with E-state index in [1.165, 1.54) is 32.5 Å². The van der Waals surface area contributed by atoms with Gasteiger partial charge in [-0.2, -0.15) is 9.97 Å². The van der Waals surface area contributed by atoms with Crippen LogP contribution < -0.4 is 5.69 Å². The van der Waals surface area contributed by atoms with Crippen molar-refractivity contribution in [2.75, 3.05) is 0 Å². The SMILES string of the molecule is O=c1nc(-n2c3ccccc3c3cc(-c4ccc5c(c4)c4ccccc4n5-c4ccccc4)ccc32)nc2c3ccccc3ncn12. The van der Waals surface area contributed by atoms with Crippen LogP contribution in [-0.4, -0.2) is 28.5 Å². The number of fused-ring (bicyclic) bond motifs is 9. The standard InChI is InChI=1S/C40H24N6O/c47-40-43-39(42-38-30-14-4-7-15-33(30)41-24-44(38)40)46-35-17-9-6-13-29(35)32-23-26(19-21-37(32)46)25-18-20-36-31(22-25)28-12-5-8-16-34(28)45(36)27-10-2-1-3-11-27/h1-24H. The van der Waals surface area contributed by atoms with E-state index >= 15 is 0 Å². The van der Waals surface area contributed by atoms with Crippen LogP contribution in [0.3, 0.4) is 0 Å². The molecule has 0 aliphatic carbocycles. The molecule has 47 heavy (non-hydrogen) atoms. The highest BCUT2D eigenvalue weighted by Crippen LogP contribution is 2.37. The maximum atomic E-state index is 13.3. The largest absolute Gasteiger partial charge is 0.357 e. The topological polar surface area (TPSA) is 70.0 Å². The molecule has 7 heteroatoms. The van der Waals surface area contributed by atoms with Crippen LogP contribution in [0.1, 0.15) is 0 Å². The Balaban J connectivity index is 1.19. The van der Waals surface area contributed by atoms with Crippen molar-refractivity contribution in [2.45, 2.75) is 0 Å². The molecule has 0 aliphatic heterocycles. The lowest BCUT2D eigenvalue weighted by molar-refractivity contribution is 0.877. The van der Waals surface area contributed by atoms with E-state index in [-0.39, 0.29) is 0 Å². The Kier molecular flexibility index (Phi) is 5.30. The van der Waals surface area contributed by atoms with Crippen LogP contribution in [0.25, 0.3) is 82.9 Å². The lowest BCUT2D eigenvalue weighted by Gasteiger charge is -2.09. The number of aromatic nitrogens is 6. The Labute approximate surface area is 267 Å². The molecule has 4 aromatic heterocycles. The monoisotopic (exact) mass is 604 g/mol. The summed E-state index contributed by atoms with van der Waals surface area (Å²) in [6.45, 7) is 0. The fourth-order valence-corrected chi connectivity index (χ4v) is 7.07. The van der Waals surface area contributed by atoms with Crippen LogP contribution in [0.2, 0.25) is 0 Å². The summed E-state index contributed by atoms with van der Waals surface area (Å²) >= 11 is 0. The van der Waals surface area contributed by atoms with Crippen molar-refractivity contribution >= 4 is 60.2 Å². The lowest BCUT2D eigenvalue weighted by atomic mass is 10.0. The smallest absolute Gasteiger partial charge is 0.309 e. The third-order valence-corrected chi connectivity index (χ3v) is 9.19. The first-order valence-corrected chi connectivity index (χ1v) is 15.5. The van der Waals surface area contributed by atoms with Crippen molar-refractivity contribution in [3.63, 3.8) is 0 Å². The van der Waals surface area contributed by atoms with Crippen LogP contribution in [-0.2, 0) is 0 Å². The molecule has 0 radical (unpaired) electrons. The van der Waals surface area contributed by atoms with Gasteiger partial charge >= 0.3 is 5.69 Å². The van der Waals surface area contributed by atoms with E-state index in [2.05, 4.69) is 112 Å². The van der Waals surface area contributed by atoms with Crippen molar-refractivity contribution in [1.29, 1.82) is 0 Å². The number of benzene rings is 6. The Morgan fingerprint density at radius 3 is 1.72 bits per heavy atom. The Bertz CT molecular complexity index is 2940. The molecule has 0 saturated carbocycles. The third-order valence-electron chi connectivity index (χ3n) is 9.19. The number of hydrogen-bond acceptors (Lipinski definition) is 4. The average molecular weight is 605 g/mol. The predicted molar refractivity (Wildman–Crippen MR) is 189 cm³/mol. The molecule has 0 saturated heterocycles. The van der Waals surface area contributed by atoms with Gasteiger partial charge in [0.15, 0.2) is 5.65 Å². The first-order valence-electron chi connectivity index (χ1n) is 15.5. The van der Waals surface area contributed by atoms with Gasteiger partial charge in [0.05, 0.1) is 27.6 Å². The molecule has 4 heterocycles. The van der Waals surface area contributed by atoms with E-state index in [9.17, 15) is 4.79 Å². The summed E-state index contributed by atoms with van der Waals surface area (Å²) in [4.78, 5) is 27.1. The molecular formula is C40H24N6O. The second-order valence-electron chi connectivity index (χ2n) is 11.8. The quantitative estimate of drug-likeness (QED) is 0.190. The molecule has 0 bridgehead atoms. The zero-order valence-corrected chi connectivity index (χ0v) is 24.9. The van der Waals surface area contributed by atoms with Crippen molar-refractivity contribution in [2.24, 2.45) is 0 Å². The van der Waals surface area contributed by atoms with Crippen LogP contribution in [0.5, 0.6) is 0 Å². The summed E-state index contributed by atoms with van der Waals surface area (Å²) < 4.78 is 5.72. The van der Waals surface area contributed by atoms with E-state index in [4.69, 9.17) is 4.98 Å². The Morgan fingerprint density at radius 2 is 1.02 bits per heavy atom. The highest BCUT2D eigenvalue weighted by molar-refractivity contribution is 6.12. The van der Waals surface area contributed by atoms with E-state index in [0.717, 1.165) is 49.5 Å². The summed E-state index contributed by atoms with van der Waals surface area (Å²) in [5.74, 6) is 0.334. The average Bonchev–Trinajstić information content (AvgIpc) is 3.64. The number of para-hydroxylation sites is 4. The normalized spacial score (nSPS) is 11.9.